The topological polar surface area (TPSA) is 97.0 Å². The molecule has 6 heteroatoms. The van der Waals surface area contributed by atoms with E-state index in [9.17, 15) is 9.59 Å². The molecule has 0 radical (unpaired) electrons. The second kappa shape index (κ2) is 5.92. The van der Waals surface area contributed by atoms with Crippen molar-refractivity contribution in [3.63, 3.8) is 0 Å². The quantitative estimate of drug-likeness (QED) is 0.639. The van der Waals surface area contributed by atoms with Crippen LogP contribution in [0.25, 0.3) is 11.0 Å². The van der Waals surface area contributed by atoms with Crippen molar-refractivity contribution in [2.24, 2.45) is 0 Å². The summed E-state index contributed by atoms with van der Waals surface area (Å²) in [7, 11) is 0. The van der Waals surface area contributed by atoms with Gasteiger partial charge in [-0.15, -0.1) is 0 Å². The summed E-state index contributed by atoms with van der Waals surface area (Å²) in [5, 5.41) is 17.9. The summed E-state index contributed by atoms with van der Waals surface area (Å²) in [5.74, 6) is -0.573. The predicted octanol–water partition coefficient (Wildman–Crippen LogP) is 1.87. The van der Waals surface area contributed by atoms with Crippen molar-refractivity contribution >= 4 is 16.9 Å². The Balaban J connectivity index is 2.42. The van der Waals surface area contributed by atoms with E-state index in [2.05, 4.69) is 0 Å². The van der Waals surface area contributed by atoms with Crippen LogP contribution in [0.15, 0.2) is 45.8 Å². The van der Waals surface area contributed by atoms with Crippen LogP contribution in [0.4, 0.5) is 0 Å². The fourth-order valence-corrected chi connectivity index (χ4v) is 1.80. The number of carbonyl (C=O) groups is 1. The summed E-state index contributed by atoms with van der Waals surface area (Å²) < 4.78 is 10.3. The second-order valence-corrected chi connectivity index (χ2v) is 4.01. The van der Waals surface area contributed by atoms with E-state index < -0.39 is 11.6 Å². The van der Waals surface area contributed by atoms with Crippen LogP contribution in [0.1, 0.15) is 5.56 Å². The van der Waals surface area contributed by atoms with Crippen LogP contribution in [-0.2, 0) is 11.2 Å². The lowest BCUT2D eigenvalue weighted by atomic mass is 10.1. The molecule has 2 aromatic rings. The van der Waals surface area contributed by atoms with Crippen LogP contribution in [0.3, 0.4) is 0 Å². The highest BCUT2D eigenvalue weighted by molar-refractivity contribution is 5.85. The molecule has 0 saturated heterocycles. The number of ether oxygens (including phenoxy) is 1. The summed E-state index contributed by atoms with van der Waals surface area (Å²) in [6.45, 7) is 0.168. The van der Waals surface area contributed by atoms with Crippen LogP contribution in [0, 0.1) is 0 Å². The molecule has 1 aromatic carbocycles. The van der Waals surface area contributed by atoms with Gasteiger partial charge in [-0.3, -0.25) is 4.79 Å². The van der Waals surface area contributed by atoms with E-state index in [1.807, 2.05) is 0 Å². The van der Waals surface area contributed by atoms with E-state index in [-0.39, 0.29) is 18.6 Å². The van der Waals surface area contributed by atoms with Gasteiger partial charge in [-0.2, -0.15) is 0 Å². The number of hydrogen-bond acceptors (Lipinski definition) is 5. The third kappa shape index (κ3) is 3.17. The number of carboxylic acid groups (broad SMARTS) is 1. The van der Waals surface area contributed by atoms with Gasteiger partial charge in [0.15, 0.2) is 0 Å². The maximum atomic E-state index is 11.4. The van der Waals surface area contributed by atoms with Gasteiger partial charge in [-0.25, -0.2) is 4.79 Å². The monoisotopic (exact) mass is 276 g/mol. The number of benzene rings is 1. The predicted molar refractivity (Wildman–Crippen MR) is 71.1 cm³/mol. The van der Waals surface area contributed by atoms with E-state index in [1.165, 1.54) is 18.2 Å². The molecule has 1 heterocycles. The third-order valence-corrected chi connectivity index (χ3v) is 2.59. The number of hydrogen-bond donors (Lipinski definition) is 2. The Kier molecular flexibility index (Phi) is 4.05. The lowest BCUT2D eigenvalue weighted by molar-refractivity contribution is -0.136. The van der Waals surface area contributed by atoms with Crippen molar-refractivity contribution in [2.75, 3.05) is 6.61 Å². The van der Waals surface area contributed by atoms with E-state index in [4.69, 9.17) is 19.4 Å². The Morgan fingerprint density at radius 2 is 2.15 bits per heavy atom. The molecule has 2 rings (SSSR count). The largest absolute Gasteiger partial charge is 0.516 e. The number of carboxylic acids is 1. The Bertz CT molecular complexity index is 713. The Labute approximate surface area is 113 Å². The number of aliphatic hydroxyl groups excluding tert-OH is 1. The molecule has 0 fully saturated rings. The molecule has 0 aliphatic rings. The number of aliphatic hydroxyl groups is 1. The molecule has 6 nitrogen and oxygen atoms in total. The minimum Gasteiger partial charge on any atom is -0.516 e. The molecule has 20 heavy (non-hydrogen) atoms. The van der Waals surface area contributed by atoms with Crippen LogP contribution < -0.4 is 10.4 Å². The minimum absolute atomic E-state index is 0.168. The van der Waals surface area contributed by atoms with E-state index in [0.29, 0.717) is 16.7 Å². The van der Waals surface area contributed by atoms with Crippen LogP contribution in [0.2, 0.25) is 0 Å². The first-order chi connectivity index (χ1) is 9.60. The summed E-state index contributed by atoms with van der Waals surface area (Å²) in [6.07, 6.45) is 2.02. The highest BCUT2D eigenvalue weighted by Crippen LogP contribution is 2.23. The lowest BCUT2D eigenvalue weighted by Gasteiger charge is -2.06. The maximum Gasteiger partial charge on any atom is 0.336 e. The van der Waals surface area contributed by atoms with Crippen molar-refractivity contribution in [3.8, 4) is 5.75 Å². The molecule has 0 bridgehead atoms. The minimum atomic E-state index is -1.02. The third-order valence-electron chi connectivity index (χ3n) is 2.59. The van der Waals surface area contributed by atoms with Crippen LogP contribution in [0.5, 0.6) is 5.75 Å². The van der Waals surface area contributed by atoms with Gasteiger partial charge in [0.25, 0.3) is 0 Å². The smallest absolute Gasteiger partial charge is 0.336 e. The molecule has 0 atom stereocenters. The molecular weight excluding hydrogens is 264 g/mol. The lowest BCUT2D eigenvalue weighted by Crippen LogP contribution is -2.06. The number of aliphatic carboxylic acids is 1. The normalized spacial score (nSPS) is 11.0. The molecule has 0 aliphatic heterocycles. The summed E-state index contributed by atoms with van der Waals surface area (Å²) in [5.41, 5.74) is 0.0472. The molecule has 2 N–H and O–H groups in total. The average Bonchev–Trinajstić information content (AvgIpc) is 2.37. The zero-order valence-corrected chi connectivity index (χ0v) is 10.4. The molecular formula is C14H12O6. The number of fused-ring (bicyclic) bond motifs is 1. The van der Waals surface area contributed by atoms with Crippen molar-refractivity contribution < 1.29 is 24.2 Å². The summed E-state index contributed by atoms with van der Waals surface area (Å²) >= 11 is 0. The van der Waals surface area contributed by atoms with Crippen molar-refractivity contribution in [2.45, 2.75) is 6.42 Å². The second-order valence-electron chi connectivity index (χ2n) is 4.01. The zero-order valence-electron chi connectivity index (χ0n) is 10.4. The zero-order chi connectivity index (χ0) is 14.5. The highest BCUT2D eigenvalue weighted by atomic mass is 16.5. The first-order valence-electron chi connectivity index (χ1n) is 5.81. The standard InChI is InChI=1S/C14H12O6/c15-4-1-5-19-10-2-3-11-9(6-13(16)17)7-14(18)20-12(11)8-10/h1-4,7-8,15H,5-6H2,(H,16,17)/b4-1+. The van der Waals surface area contributed by atoms with Gasteiger partial charge in [0, 0.05) is 17.5 Å². The molecule has 0 saturated carbocycles. The maximum absolute atomic E-state index is 11.4. The van der Waals surface area contributed by atoms with Gasteiger partial charge in [0.1, 0.15) is 17.9 Å². The van der Waals surface area contributed by atoms with E-state index >= 15 is 0 Å². The Morgan fingerprint density at radius 1 is 1.35 bits per heavy atom. The summed E-state index contributed by atoms with van der Waals surface area (Å²) in [4.78, 5) is 22.2. The van der Waals surface area contributed by atoms with Crippen molar-refractivity contribution in [1.29, 1.82) is 0 Å². The number of rotatable bonds is 5. The van der Waals surface area contributed by atoms with E-state index in [1.54, 1.807) is 12.1 Å². The fraction of sp³-hybridized carbons (Fsp3) is 0.143. The summed E-state index contributed by atoms with van der Waals surface area (Å²) in [6, 6.07) is 5.95. The first-order valence-corrected chi connectivity index (χ1v) is 5.81. The Morgan fingerprint density at radius 3 is 2.85 bits per heavy atom. The van der Waals surface area contributed by atoms with Crippen LogP contribution >= 0.6 is 0 Å². The van der Waals surface area contributed by atoms with Gasteiger partial charge in [0.2, 0.25) is 0 Å². The average molecular weight is 276 g/mol. The van der Waals surface area contributed by atoms with Gasteiger partial charge >= 0.3 is 11.6 Å². The van der Waals surface area contributed by atoms with Gasteiger partial charge < -0.3 is 19.4 Å². The molecule has 0 amide bonds. The van der Waals surface area contributed by atoms with Crippen molar-refractivity contribution in [3.05, 3.63) is 52.6 Å². The molecule has 0 unspecified atom stereocenters. The molecule has 0 aliphatic carbocycles. The molecule has 0 spiro atoms. The van der Waals surface area contributed by atoms with Crippen LogP contribution in [-0.4, -0.2) is 22.8 Å². The molecule has 104 valence electrons. The Hall–Kier alpha value is -2.76. The fourth-order valence-electron chi connectivity index (χ4n) is 1.80. The highest BCUT2D eigenvalue weighted by Gasteiger charge is 2.10. The SMILES string of the molecule is O=C(O)Cc1cc(=O)oc2cc(OC/C=C/O)ccc12. The van der Waals surface area contributed by atoms with E-state index in [0.717, 1.165) is 6.26 Å². The van der Waals surface area contributed by atoms with Gasteiger partial charge in [-0.1, -0.05) is 0 Å². The van der Waals surface area contributed by atoms with Gasteiger partial charge in [0.05, 0.1) is 12.7 Å². The van der Waals surface area contributed by atoms with Crippen molar-refractivity contribution in [1.82, 2.24) is 0 Å². The molecule has 1 aromatic heterocycles. The first kappa shape index (κ1) is 13.7. The van der Waals surface area contributed by atoms with Gasteiger partial charge in [-0.05, 0) is 23.8 Å².